The Morgan fingerprint density at radius 2 is 1.95 bits per heavy atom. The number of nitrogens with zero attached hydrogens (tertiary/aromatic N) is 1. The Hall–Kier alpha value is -2.36. The molecule has 0 aliphatic rings. The maximum absolute atomic E-state index is 12.2. The second kappa shape index (κ2) is 6.60. The van der Waals surface area contributed by atoms with Crippen LogP contribution in [0.15, 0.2) is 42.6 Å². The zero-order valence-corrected chi connectivity index (χ0v) is 13.5. The summed E-state index contributed by atoms with van der Waals surface area (Å²) in [6.07, 6.45) is 2.00. The molecule has 1 aromatic carbocycles. The van der Waals surface area contributed by atoms with Gasteiger partial charge in [-0.1, -0.05) is 39.0 Å². The minimum atomic E-state index is -0.0736. The summed E-state index contributed by atoms with van der Waals surface area (Å²) in [5, 5.41) is 2.92. The number of para-hydroxylation sites is 1. The van der Waals surface area contributed by atoms with Crippen molar-refractivity contribution in [2.75, 3.05) is 12.4 Å². The van der Waals surface area contributed by atoms with Crippen molar-refractivity contribution >= 4 is 11.6 Å². The van der Waals surface area contributed by atoms with Crippen molar-refractivity contribution in [3.63, 3.8) is 0 Å². The van der Waals surface area contributed by atoms with Gasteiger partial charge in [-0.2, -0.15) is 0 Å². The first-order valence-electron chi connectivity index (χ1n) is 7.28. The van der Waals surface area contributed by atoms with E-state index in [1.807, 2.05) is 30.3 Å². The molecule has 0 radical (unpaired) electrons. The lowest BCUT2D eigenvalue weighted by Gasteiger charge is -2.18. The zero-order valence-electron chi connectivity index (χ0n) is 13.5. The molecular weight excluding hydrogens is 276 g/mol. The van der Waals surface area contributed by atoms with Gasteiger partial charge in [0.05, 0.1) is 13.5 Å². The molecule has 1 N–H and O–H groups in total. The van der Waals surface area contributed by atoms with Crippen LogP contribution in [-0.2, 0) is 16.6 Å². The molecule has 1 heterocycles. The average Bonchev–Trinajstić information content (AvgIpc) is 2.47. The Balaban J connectivity index is 2.09. The van der Waals surface area contributed by atoms with Crippen molar-refractivity contribution < 1.29 is 9.53 Å². The van der Waals surface area contributed by atoms with Crippen molar-refractivity contribution in [2.24, 2.45) is 0 Å². The number of hydrogen-bond acceptors (Lipinski definition) is 3. The number of nitrogens with one attached hydrogen (secondary N) is 1. The molecule has 0 spiro atoms. The first-order valence-corrected chi connectivity index (χ1v) is 7.28. The number of anilines is 1. The van der Waals surface area contributed by atoms with Gasteiger partial charge in [0.2, 0.25) is 5.91 Å². The molecule has 0 saturated heterocycles. The van der Waals surface area contributed by atoms with Crippen LogP contribution in [0.1, 0.15) is 32.0 Å². The van der Waals surface area contributed by atoms with Gasteiger partial charge in [0, 0.05) is 28.6 Å². The first kappa shape index (κ1) is 16.0. The summed E-state index contributed by atoms with van der Waals surface area (Å²) in [6.45, 7) is 6.28. The number of ether oxygens (including phenoxy) is 1. The number of amides is 1. The molecule has 1 aromatic heterocycles. The van der Waals surface area contributed by atoms with Gasteiger partial charge < -0.3 is 10.1 Å². The largest absolute Gasteiger partial charge is 0.496 e. The highest BCUT2D eigenvalue weighted by atomic mass is 16.5. The van der Waals surface area contributed by atoms with E-state index in [4.69, 9.17) is 4.74 Å². The highest BCUT2D eigenvalue weighted by Crippen LogP contribution is 2.23. The van der Waals surface area contributed by atoms with Gasteiger partial charge in [-0.15, -0.1) is 0 Å². The minimum Gasteiger partial charge on any atom is -0.496 e. The first-order chi connectivity index (χ1) is 10.4. The molecule has 0 aliphatic heterocycles. The van der Waals surface area contributed by atoms with Gasteiger partial charge in [0.15, 0.2) is 0 Å². The second-order valence-electron chi connectivity index (χ2n) is 6.22. The van der Waals surface area contributed by atoms with Crippen LogP contribution in [-0.4, -0.2) is 18.0 Å². The number of rotatable bonds is 4. The lowest BCUT2D eigenvalue weighted by molar-refractivity contribution is -0.115. The van der Waals surface area contributed by atoms with Crippen molar-refractivity contribution in [2.45, 2.75) is 32.6 Å². The Labute approximate surface area is 131 Å². The number of carbonyl (C=O) groups is 1. The van der Waals surface area contributed by atoms with Gasteiger partial charge in [-0.25, -0.2) is 0 Å². The molecule has 0 atom stereocenters. The molecule has 2 rings (SSSR count). The second-order valence-corrected chi connectivity index (χ2v) is 6.22. The van der Waals surface area contributed by atoms with E-state index in [0.717, 1.165) is 22.7 Å². The molecule has 22 heavy (non-hydrogen) atoms. The van der Waals surface area contributed by atoms with Gasteiger partial charge in [0.25, 0.3) is 0 Å². The summed E-state index contributed by atoms with van der Waals surface area (Å²) in [6, 6.07) is 11.3. The lowest BCUT2D eigenvalue weighted by atomic mass is 9.91. The van der Waals surface area contributed by atoms with Crippen LogP contribution < -0.4 is 10.1 Å². The summed E-state index contributed by atoms with van der Waals surface area (Å²) in [7, 11) is 1.61. The number of pyridine rings is 1. The number of carbonyl (C=O) groups excluding carboxylic acids is 1. The van der Waals surface area contributed by atoms with E-state index in [0.29, 0.717) is 0 Å². The molecule has 4 heteroatoms. The molecule has 1 amide bonds. The third-order valence-electron chi connectivity index (χ3n) is 3.36. The molecule has 0 saturated carbocycles. The monoisotopic (exact) mass is 298 g/mol. The SMILES string of the molecule is COc1ccccc1CC(=O)Nc1ccnc(C(C)(C)C)c1. The molecule has 116 valence electrons. The minimum absolute atomic E-state index is 0.0522. The number of aromatic nitrogens is 1. The molecule has 0 fully saturated rings. The molecular formula is C18H22N2O2. The average molecular weight is 298 g/mol. The van der Waals surface area contributed by atoms with E-state index in [2.05, 4.69) is 31.1 Å². The van der Waals surface area contributed by atoms with Crippen LogP contribution in [0.4, 0.5) is 5.69 Å². The van der Waals surface area contributed by atoms with E-state index in [1.165, 1.54) is 0 Å². The maximum atomic E-state index is 12.2. The number of methoxy groups -OCH3 is 1. The highest BCUT2D eigenvalue weighted by Gasteiger charge is 2.16. The Kier molecular flexibility index (Phi) is 4.81. The zero-order chi connectivity index (χ0) is 16.2. The van der Waals surface area contributed by atoms with Gasteiger partial charge in [-0.3, -0.25) is 9.78 Å². The fourth-order valence-corrected chi connectivity index (χ4v) is 2.15. The van der Waals surface area contributed by atoms with E-state index < -0.39 is 0 Å². The Morgan fingerprint density at radius 1 is 1.23 bits per heavy atom. The third-order valence-corrected chi connectivity index (χ3v) is 3.36. The van der Waals surface area contributed by atoms with Crippen LogP contribution >= 0.6 is 0 Å². The lowest BCUT2D eigenvalue weighted by Crippen LogP contribution is -2.17. The van der Waals surface area contributed by atoms with Gasteiger partial charge in [-0.05, 0) is 18.2 Å². The van der Waals surface area contributed by atoms with Gasteiger partial charge in [0.1, 0.15) is 5.75 Å². The van der Waals surface area contributed by atoms with Crippen molar-refractivity contribution in [3.8, 4) is 5.75 Å². The van der Waals surface area contributed by atoms with Crippen LogP contribution in [0.25, 0.3) is 0 Å². The summed E-state index contributed by atoms with van der Waals surface area (Å²) in [5.74, 6) is 0.651. The molecule has 0 aliphatic carbocycles. The molecule has 0 bridgehead atoms. The molecule has 0 unspecified atom stereocenters. The van der Waals surface area contributed by atoms with Crippen molar-refractivity contribution in [1.82, 2.24) is 4.98 Å². The normalized spacial score (nSPS) is 11.1. The number of hydrogen-bond donors (Lipinski definition) is 1. The fourth-order valence-electron chi connectivity index (χ4n) is 2.15. The maximum Gasteiger partial charge on any atom is 0.228 e. The smallest absolute Gasteiger partial charge is 0.228 e. The topological polar surface area (TPSA) is 51.2 Å². The third kappa shape index (κ3) is 4.07. The summed E-state index contributed by atoms with van der Waals surface area (Å²) in [5.41, 5.74) is 2.53. The van der Waals surface area contributed by atoms with E-state index in [9.17, 15) is 4.79 Å². The van der Waals surface area contributed by atoms with Crippen LogP contribution in [0.2, 0.25) is 0 Å². The summed E-state index contributed by atoms with van der Waals surface area (Å²) < 4.78 is 5.27. The van der Waals surface area contributed by atoms with E-state index in [1.54, 1.807) is 19.4 Å². The highest BCUT2D eigenvalue weighted by molar-refractivity contribution is 5.92. The van der Waals surface area contributed by atoms with E-state index in [-0.39, 0.29) is 17.7 Å². The predicted molar refractivity (Wildman–Crippen MR) is 88.3 cm³/mol. The standard InChI is InChI=1S/C18H22N2O2/c1-18(2,3)16-12-14(9-10-19-16)20-17(21)11-13-7-5-6-8-15(13)22-4/h5-10,12H,11H2,1-4H3,(H,19,20,21). The predicted octanol–water partition coefficient (Wildman–Crippen LogP) is 3.57. The fraction of sp³-hybridized carbons (Fsp3) is 0.333. The Bertz CT molecular complexity index is 660. The summed E-state index contributed by atoms with van der Waals surface area (Å²) >= 11 is 0. The quantitative estimate of drug-likeness (QED) is 0.939. The summed E-state index contributed by atoms with van der Waals surface area (Å²) in [4.78, 5) is 16.6. The van der Waals surface area contributed by atoms with Crippen molar-refractivity contribution in [1.29, 1.82) is 0 Å². The van der Waals surface area contributed by atoms with Crippen LogP contribution in [0, 0.1) is 0 Å². The Morgan fingerprint density at radius 3 is 2.64 bits per heavy atom. The molecule has 2 aromatic rings. The van der Waals surface area contributed by atoms with Crippen LogP contribution in [0.3, 0.4) is 0 Å². The van der Waals surface area contributed by atoms with Gasteiger partial charge >= 0.3 is 0 Å². The van der Waals surface area contributed by atoms with Crippen molar-refractivity contribution in [3.05, 3.63) is 53.9 Å². The molecule has 4 nitrogen and oxygen atoms in total. The van der Waals surface area contributed by atoms with E-state index >= 15 is 0 Å². The van der Waals surface area contributed by atoms with Crippen LogP contribution in [0.5, 0.6) is 5.75 Å². The number of benzene rings is 1.